The second-order valence-electron chi connectivity index (χ2n) is 10.3. The molecule has 0 amide bonds. The van der Waals surface area contributed by atoms with Crippen LogP contribution in [0.15, 0.2) is 84.9 Å². The van der Waals surface area contributed by atoms with E-state index in [9.17, 15) is 0 Å². The van der Waals surface area contributed by atoms with Crippen LogP contribution < -0.4 is 11.1 Å². The number of aryl methyl sites for hydroxylation is 2. The summed E-state index contributed by atoms with van der Waals surface area (Å²) in [6.07, 6.45) is 12.4. The molecule has 1 aliphatic carbocycles. The molecule has 0 heterocycles. The molecular weight excluding hydrogens is 436 g/mol. The van der Waals surface area contributed by atoms with Crippen LogP contribution in [0.2, 0.25) is 0 Å². The second kappa shape index (κ2) is 10.7. The van der Waals surface area contributed by atoms with Crippen molar-refractivity contribution in [3.05, 3.63) is 113 Å². The Bertz CT molecular complexity index is 1350. The summed E-state index contributed by atoms with van der Waals surface area (Å²) in [4.78, 5) is 0. The smallest absolute Gasteiger partial charge is 0.0639 e. The van der Waals surface area contributed by atoms with Crippen molar-refractivity contribution in [2.24, 2.45) is 5.73 Å². The minimum absolute atomic E-state index is 0.503. The van der Waals surface area contributed by atoms with Crippen molar-refractivity contribution in [1.29, 1.82) is 0 Å². The fourth-order valence-electron chi connectivity index (χ4n) is 5.34. The highest BCUT2D eigenvalue weighted by Crippen LogP contribution is 2.40. The van der Waals surface area contributed by atoms with Gasteiger partial charge in [0, 0.05) is 16.6 Å². The van der Waals surface area contributed by atoms with Crippen molar-refractivity contribution in [3.63, 3.8) is 0 Å². The molecule has 0 fully saturated rings. The second-order valence-corrected chi connectivity index (χ2v) is 10.3. The molecule has 4 aromatic carbocycles. The molecule has 0 saturated heterocycles. The molecule has 0 spiro atoms. The third-order valence-corrected chi connectivity index (χ3v) is 7.56. The molecule has 0 radical (unpaired) electrons. The molecule has 1 atom stereocenters. The fraction of sp³-hybridized carbons (Fsp3) is 0.294. The van der Waals surface area contributed by atoms with E-state index in [1.54, 1.807) is 0 Å². The van der Waals surface area contributed by atoms with Crippen molar-refractivity contribution in [1.82, 2.24) is 0 Å². The van der Waals surface area contributed by atoms with E-state index in [1.807, 2.05) is 0 Å². The Kier molecular flexibility index (Phi) is 7.25. The molecule has 5 rings (SSSR count). The molecule has 4 aromatic rings. The fourth-order valence-corrected chi connectivity index (χ4v) is 5.34. The number of nitrogens with one attached hydrogen (secondary N) is 1. The van der Waals surface area contributed by atoms with Crippen LogP contribution in [-0.4, -0.2) is 0 Å². The number of fused-ring (bicyclic) bond motifs is 2. The Morgan fingerprint density at radius 3 is 2.11 bits per heavy atom. The molecule has 184 valence electrons. The van der Waals surface area contributed by atoms with E-state index in [2.05, 4.69) is 110 Å². The molecular formula is C34H38N2. The summed E-state index contributed by atoms with van der Waals surface area (Å²) in [5, 5.41) is 6.24. The van der Waals surface area contributed by atoms with Gasteiger partial charge < -0.3 is 11.1 Å². The molecule has 0 aliphatic heterocycles. The van der Waals surface area contributed by atoms with Crippen LogP contribution >= 0.6 is 0 Å². The Morgan fingerprint density at radius 1 is 0.806 bits per heavy atom. The van der Waals surface area contributed by atoms with Gasteiger partial charge in [-0.1, -0.05) is 106 Å². The van der Waals surface area contributed by atoms with Gasteiger partial charge in [-0.3, -0.25) is 0 Å². The third-order valence-electron chi connectivity index (χ3n) is 7.56. The largest absolute Gasteiger partial charge is 0.355 e. The average Bonchev–Trinajstić information content (AvgIpc) is 2.91. The lowest BCUT2D eigenvalue weighted by molar-refractivity contribution is 0.554. The number of anilines is 2. The summed E-state index contributed by atoms with van der Waals surface area (Å²) in [6.45, 7) is 4.48. The Balaban J connectivity index is 1.48. The first-order chi connectivity index (χ1) is 17.6. The minimum atomic E-state index is -0.503. The summed E-state index contributed by atoms with van der Waals surface area (Å²) in [5.74, 6) is 0. The lowest BCUT2D eigenvalue weighted by Gasteiger charge is -2.32. The van der Waals surface area contributed by atoms with Gasteiger partial charge in [0.25, 0.3) is 0 Å². The summed E-state index contributed by atoms with van der Waals surface area (Å²) in [6, 6.07) is 28.8. The van der Waals surface area contributed by atoms with Crippen LogP contribution in [0.3, 0.4) is 0 Å². The predicted molar refractivity (Wildman–Crippen MR) is 156 cm³/mol. The quantitative estimate of drug-likeness (QED) is 0.255. The highest BCUT2D eigenvalue weighted by atomic mass is 14.9. The van der Waals surface area contributed by atoms with E-state index in [1.165, 1.54) is 64.3 Å². The normalized spacial score (nSPS) is 16.8. The standard InChI is InChI=1S/C34H38N2/c1-3-5-9-25-13-17-29(18-14-25)34(35)22-21-32-28(24-34)23-27-11-7-8-12-31(27)33(32)36-30-19-15-26(16-20-30)10-6-4-2/h7-8,11-23,36H,3-6,9-10,24,35H2,1-2H3. The molecule has 36 heavy (non-hydrogen) atoms. The number of nitrogens with two attached hydrogens (primary N) is 1. The first-order valence-electron chi connectivity index (χ1n) is 13.6. The maximum Gasteiger partial charge on any atom is 0.0639 e. The molecule has 0 saturated carbocycles. The zero-order chi connectivity index (χ0) is 25.0. The van der Waals surface area contributed by atoms with Crippen LogP contribution in [0.25, 0.3) is 16.8 Å². The molecule has 2 nitrogen and oxygen atoms in total. The van der Waals surface area contributed by atoms with E-state index in [0.717, 1.165) is 30.6 Å². The maximum atomic E-state index is 7.04. The van der Waals surface area contributed by atoms with Crippen molar-refractivity contribution in [2.45, 2.75) is 64.3 Å². The monoisotopic (exact) mass is 474 g/mol. The van der Waals surface area contributed by atoms with Gasteiger partial charge in [-0.25, -0.2) is 0 Å². The summed E-state index contributed by atoms with van der Waals surface area (Å²) < 4.78 is 0. The van der Waals surface area contributed by atoms with Gasteiger partial charge in [0.15, 0.2) is 0 Å². The molecule has 3 N–H and O–H groups in total. The summed E-state index contributed by atoms with van der Waals surface area (Å²) >= 11 is 0. The van der Waals surface area contributed by atoms with Crippen LogP contribution in [0.1, 0.15) is 67.3 Å². The molecule has 0 bridgehead atoms. The van der Waals surface area contributed by atoms with Crippen molar-refractivity contribution >= 4 is 28.2 Å². The van der Waals surface area contributed by atoms with Gasteiger partial charge in [-0.05, 0) is 71.9 Å². The first kappa shape index (κ1) is 24.3. The summed E-state index contributed by atoms with van der Waals surface area (Å²) in [7, 11) is 0. The average molecular weight is 475 g/mol. The number of rotatable bonds is 9. The number of hydrogen-bond acceptors (Lipinski definition) is 2. The van der Waals surface area contributed by atoms with Crippen LogP contribution in [0.4, 0.5) is 11.4 Å². The molecule has 1 aliphatic rings. The SMILES string of the molecule is CCCCc1ccc(Nc2c3c(cc4ccccc24)CC(N)(c2ccc(CCCC)cc2)C=C3)cc1. The number of hydrogen-bond donors (Lipinski definition) is 2. The van der Waals surface area contributed by atoms with Crippen LogP contribution in [-0.2, 0) is 24.8 Å². The predicted octanol–water partition coefficient (Wildman–Crippen LogP) is 8.69. The minimum Gasteiger partial charge on any atom is -0.355 e. The van der Waals surface area contributed by atoms with Crippen LogP contribution in [0, 0.1) is 0 Å². The van der Waals surface area contributed by atoms with Gasteiger partial charge in [-0.15, -0.1) is 0 Å². The topological polar surface area (TPSA) is 38.0 Å². The highest BCUT2D eigenvalue weighted by Gasteiger charge is 2.30. The van der Waals surface area contributed by atoms with E-state index in [4.69, 9.17) is 5.73 Å². The van der Waals surface area contributed by atoms with Gasteiger partial charge in [0.05, 0.1) is 11.2 Å². The van der Waals surface area contributed by atoms with E-state index >= 15 is 0 Å². The van der Waals surface area contributed by atoms with E-state index in [0.29, 0.717) is 0 Å². The zero-order valence-electron chi connectivity index (χ0n) is 21.7. The summed E-state index contributed by atoms with van der Waals surface area (Å²) in [5.41, 5.74) is 15.3. The van der Waals surface area contributed by atoms with Crippen molar-refractivity contribution in [2.75, 3.05) is 5.32 Å². The lowest BCUT2D eigenvalue weighted by atomic mass is 9.78. The highest BCUT2D eigenvalue weighted by molar-refractivity contribution is 6.01. The van der Waals surface area contributed by atoms with Gasteiger partial charge >= 0.3 is 0 Å². The van der Waals surface area contributed by atoms with Crippen LogP contribution in [0.5, 0.6) is 0 Å². The number of unbranched alkanes of at least 4 members (excludes halogenated alkanes) is 2. The zero-order valence-corrected chi connectivity index (χ0v) is 21.7. The van der Waals surface area contributed by atoms with E-state index < -0.39 is 5.54 Å². The maximum absolute atomic E-state index is 7.04. The molecule has 1 unspecified atom stereocenters. The Morgan fingerprint density at radius 2 is 1.44 bits per heavy atom. The molecule has 0 aromatic heterocycles. The van der Waals surface area contributed by atoms with Crippen molar-refractivity contribution in [3.8, 4) is 0 Å². The van der Waals surface area contributed by atoms with Gasteiger partial charge in [0.2, 0.25) is 0 Å². The van der Waals surface area contributed by atoms with E-state index in [-0.39, 0.29) is 0 Å². The van der Waals surface area contributed by atoms with Gasteiger partial charge in [-0.2, -0.15) is 0 Å². The van der Waals surface area contributed by atoms with Gasteiger partial charge in [0.1, 0.15) is 0 Å². The Labute approximate surface area is 216 Å². The lowest BCUT2D eigenvalue weighted by Crippen LogP contribution is -2.38. The first-order valence-corrected chi connectivity index (χ1v) is 13.6. The van der Waals surface area contributed by atoms with Crippen molar-refractivity contribution < 1.29 is 0 Å². The number of benzene rings is 4. The molecule has 2 heteroatoms. The third kappa shape index (κ3) is 5.10. The Hall–Kier alpha value is -3.36.